The number of hydrogen-bond acceptors (Lipinski definition) is 5. The van der Waals surface area contributed by atoms with Crippen LogP contribution in [0.5, 0.6) is 5.75 Å². The Balaban J connectivity index is 1.73. The van der Waals surface area contributed by atoms with Gasteiger partial charge in [-0.25, -0.2) is 13.2 Å². The van der Waals surface area contributed by atoms with Crippen LogP contribution in [0.4, 0.5) is 0 Å². The van der Waals surface area contributed by atoms with Crippen molar-refractivity contribution < 1.29 is 17.9 Å². The van der Waals surface area contributed by atoms with Gasteiger partial charge in [-0.15, -0.1) is 0 Å². The van der Waals surface area contributed by atoms with E-state index in [0.29, 0.717) is 16.3 Å². The van der Waals surface area contributed by atoms with Crippen LogP contribution in [0.1, 0.15) is 5.56 Å². The first-order chi connectivity index (χ1) is 13.4. The van der Waals surface area contributed by atoms with E-state index in [2.05, 4.69) is 5.32 Å². The summed E-state index contributed by atoms with van der Waals surface area (Å²) in [6.07, 6.45) is 2.40. The second-order valence-electron chi connectivity index (χ2n) is 5.95. The third kappa shape index (κ3) is 4.15. The van der Waals surface area contributed by atoms with Gasteiger partial charge < -0.3 is 10.1 Å². The van der Waals surface area contributed by atoms with Crippen molar-refractivity contribution in [2.75, 3.05) is 7.11 Å². The van der Waals surface area contributed by atoms with Gasteiger partial charge in [0.1, 0.15) is 12.3 Å². The number of methoxy groups -OCH3 is 1. The molecule has 9 heteroatoms. The van der Waals surface area contributed by atoms with Crippen molar-refractivity contribution in [3.63, 3.8) is 0 Å². The molecule has 3 aromatic rings. The molecule has 8 nitrogen and oxygen atoms in total. The van der Waals surface area contributed by atoms with Gasteiger partial charge in [-0.2, -0.15) is 3.97 Å². The number of carbonyl (C=O) groups is 1. The summed E-state index contributed by atoms with van der Waals surface area (Å²) in [6.45, 7) is 0.0378. The predicted octanol–water partition coefficient (Wildman–Crippen LogP) is 1.21. The van der Waals surface area contributed by atoms with Gasteiger partial charge in [0.25, 0.3) is 10.0 Å². The van der Waals surface area contributed by atoms with E-state index in [4.69, 9.17) is 4.74 Å². The van der Waals surface area contributed by atoms with Crippen molar-refractivity contribution >= 4 is 15.9 Å². The van der Waals surface area contributed by atoms with Crippen LogP contribution in [0, 0.1) is 0 Å². The van der Waals surface area contributed by atoms with Gasteiger partial charge in [0.05, 0.1) is 12.0 Å². The first kappa shape index (κ1) is 19.4. The van der Waals surface area contributed by atoms with Crippen LogP contribution < -0.4 is 15.7 Å². The molecule has 0 fully saturated rings. The SMILES string of the molecule is COc1ccc(S(=O)(=O)n2ccn(CC(=O)NCc3ccccc3)c2=O)cc1. The van der Waals surface area contributed by atoms with E-state index >= 15 is 0 Å². The van der Waals surface area contributed by atoms with Gasteiger partial charge in [0.15, 0.2) is 0 Å². The second kappa shape index (κ2) is 8.13. The molecule has 0 spiro atoms. The molecule has 0 unspecified atom stereocenters. The number of aromatic nitrogens is 2. The average molecular weight is 401 g/mol. The van der Waals surface area contributed by atoms with Crippen LogP contribution in [0.3, 0.4) is 0 Å². The zero-order valence-corrected chi connectivity index (χ0v) is 15.9. The second-order valence-corrected chi connectivity index (χ2v) is 7.76. The zero-order chi connectivity index (χ0) is 20.1. The minimum absolute atomic E-state index is 0.0540. The number of hydrogen-bond donors (Lipinski definition) is 1. The molecule has 0 bridgehead atoms. The van der Waals surface area contributed by atoms with Gasteiger partial charge in [-0.3, -0.25) is 9.36 Å². The molecule has 2 aromatic carbocycles. The van der Waals surface area contributed by atoms with Gasteiger partial charge in [-0.05, 0) is 29.8 Å². The Morgan fingerprint density at radius 3 is 2.36 bits per heavy atom. The van der Waals surface area contributed by atoms with E-state index in [9.17, 15) is 18.0 Å². The molecule has 28 heavy (non-hydrogen) atoms. The Hall–Kier alpha value is -3.33. The van der Waals surface area contributed by atoms with Gasteiger partial charge in [-0.1, -0.05) is 30.3 Å². The molecule has 3 rings (SSSR count). The maximum Gasteiger partial charge on any atom is 0.342 e. The highest BCUT2D eigenvalue weighted by Gasteiger charge is 2.21. The van der Waals surface area contributed by atoms with Crippen molar-refractivity contribution in [1.29, 1.82) is 0 Å². The Labute approximate surface area is 162 Å². The molecular formula is C19H19N3O5S. The summed E-state index contributed by atoms with van der Waals surface area (Å²) in [5.74, 6) is 0.101. The summed E-state index contributed by atoms with van der Waals surface area (Å²) < 4.78 is 32.0. The average Bonchev–Trinajstić information content (AvgIpc) is 3.08. The number of benzene rings is 2. The molecule has 146 valence electrons. The standard InChI is InChI=1S/C19H19N3O5S/c1-27-16-7-9-17(10-8-16)28(25,26)22-12-11-21(19(22)24)14-18(23)20-13-15-5-3-2-4-6-15/h2-12H,13-14H2,1H3,(H,20,23). The Morgan fingerprint density at radius 2 is 1.71 bits per heavy atom. The van der Waals surface area contributed by atoms with Crippen molar-refractivity contribution in [3.8, 4) is 5.75 Å². The van der Waals surface area contributed by atoms with E-state index in [1.807, 2.05) is 30.3 Å². The summed E-state index contributed by atoms with van der Waals surface area (Å²) in [5.41, 5.74) is 0.105. The van der Waals surface area contributed by atoms with E-state index in [1.165, 1.54) is 37.6 Å². The minimum atomic E-state index is -4.07. The first-order valence-electron chi connectivity index (χ1n) is 8.40. The highest BCUT2D eigenvalue weighted by atomic mass is 32.2. The summed E-state index contributed by atoms with van der Waals surface area (Å²) in [7, 11) is -2.60. The maximum absolute atomic E-state index is 12.7. The van der Waals surface area contributed by atoms with Crippen LogP contribution in [-0.2, 0) is 27.9 Å². The lowest BCUT2D eigenvalue weighted by atomic mass is 10.2. The molecule has 0 aliphatic rings. The van der Waals surface area contributed by atoms with Crippen LogP contribution >= 0.6 is 0 Å². The minimum Gasteiger partial charge on any atom is -0.497 e. The summed E-state index contributed by atoms with van der Waals surface area (Å²) in [6, 6.07) is 15.0. The number of rotatable bonds is 7. The molecule has 0 atom stereocenters. The number of nitrogens with zero attached hydrogens (tertiary/aromatic N) is 2. The lowest BCUT2D eigenvalue weighted by molar-refractivity contribution is -0.121. The molecule has 0 radical (unpaired) electrons. The number of carbonyl (C=O) groups excluding carboxylic acids is 1. The molecule has 1 N–H and O–H groups in total. The third-order valence-corrected chi connectivity index (χ3v) is 5.74. The van der Waals surface area contributed by atoms with Crippen molar-refractivity contribution in [2.24, 2.45) is 0 Å². The van der Waals surface area contributed by atoms with E-state index in [0.717, 1.165) is 16.3 Å². The Bertz CT molecular complexity index is 1120. The van der Waals surface area contributed by atoms with Gasteiger partial charge in [0.2, 0.25) is 5.91 Å². The van der Waals surface area contributed by atoms with Crippen molar-refractivity contribution in [2.45, 2.75) is 18.0 Å². The zero-order valence-electron chi connectivity index (χ0n) is 15.1. The quantitative estimate of drug-likeness (QED) is 0.642. The molecule has 1 amide bonds. The fraction of sp³-hybridized carbons (Fsp3) is 0.158. The fourth-order valence-electron chi connectivity index (χ4n) is 2.57. The maximum atomic E-state index is 12.7. The fourth-order valence-corrected chi connectivity index (χ4v) is 3.80. The van der Waals surface area contributed by atoms with Crippen molar-refractivity contribution in [1.82, 2.24) is 13.9 Å². The van der Waals surface area contributed by atoms with Crippen LogP contribution in [0.25, 0.3) is 0 Å². The molecule has 0 aliphatic carbocycles. The molecule has 0 aliphatic heterocycles. The van der Waals surface area contributed by atoms with E-state index in [-0.39, 0.29) is 11.4 Å². The Kier molecular flexibility index (Phi) is 5.65. The first-order valence-corrected chi connectivity index (χ1v) is 9.84. The normalized spacial score (nSPS) is 11.2. The largest absolute Gasteiger partial charge is 0.497 e. The lowest BCUT2D eigenvalue weighted by Gasteiger charge is -2.07. The van der Waals surface area contributed by atoms with Gasteiger partial charge >= 0.3 is 5.69 Å². The number of amides is 1. The Morgan fingerprint density at radius 1 is 1.04 bits per heavy atom. The molecule has 0 saturated carbocycles. The molecule has 0 saturated heterocycles. The highest BCUT2D eigenvalue weighted by Crippen LogP contribution is 2.17. The van der Waals surface area contributed by atoms with Crippen molar-refractivity contribution in [3.05, 3.63) is 83.0 Å². The summed E-state index contributed by atoms with van der Waals surface area (Å²) in [5, 5.41) is 2.70. The highest BCUT2D eigenvalue weighted by molar-refractivity contribution is 7.90. The summed E-state index contributed by atoms with van der Waals surface area (Å²) in [4.78, 5) is 24.5. The summed E-state index contributed by atoms with van der Waals surface area (Å²) >= 11 is 0. The number of ether oxygens (including phenoxy) is 1. The van der Waals surface area contributed by atoms with Crippen LogP contribution in [-0.4, -0.2) is 30.0 Å². The van der Waals surface area contributed by atoms with E-state index in [1.54, 1.807) is 0 Å². The third-order valence-electron chi connectivity index (χ3n) is 4.08. The predicted molar refractivity (Wildman–Crippen MR) is 103 cm³/mol. The van der Waals surface area contributed by atoms with Crippen LogP contribution in [0.15, 0.2) is 76.7 Å². The molecule has 1 heterocycles. The smallest absolute Gasteiger partial charge is 0.342 e. The molecule has 1 aromatic heterocycles. The van der Waals surface area contributed by atoms with Crippen LogP contribution in [0.2, 0.25) is 0 Å². The topological polar surface area (TPSA) is 99.4 Å². The lowest BCUT2D eigenvalue weighted by Crippen LogP contribution is -2.34. The number of nitrogens with one attached hydrogen (secondary N) is 1. The molecular weight excluding hydrogens is 382 g/mol. The van der Waals surface area contributed by atoms with E-state index < -0.39 is 21.6 Å². The van der Waals surface area contributed by atoms with Gasteiger partial charge in [0, 0.05) is 18.9 Å². The monoisotopic (exact) mass is 401 g/mol. The number of imidazole rings is 1.